The molecule has 86 valence electrons. The highest BCUT2D eigenvalue weighted by molar-refractivity contribution is 5.92. The van der Waals surface area contributed by atoms with Gasteiger partial charge in [0.2, 0.25) is 0 Å². The van der Waals surface area contributed by atoms with Crippen molar-refractivity contribution in [2.75, 3.05) is 13.1 Å². The molecule has 1 saturated heterocycles. The zero-order valence-corrected chi connectivity index (χ0v) is 9.27. The molecule has 1 aliphatic rings. The molecule has 1 aromatic rings. The Morgan fingerprint density at radius 1 is 1.56 bits per heavy atom. The Hall–Kier alpha value is -1.65. The minimum atomic E-state index is -0.288. The van der Waals surface area contributed by atoms with Crippen molar-refractivity contribution in [1.29, 1.82) is 0 Å². The van der Waals surface area contributed by atoms with Gasteiger partial charge in [0.25, 0.3) is 11.5 Å². The van der Waals surface area contributed by atoms with E-state index in [2.05, 4.69) is 17.1 Å². The number of likely N-dealkylation sites (tertiary alicyclic amines) is 1. The third kappa shape index (κ3) is 2.29. The third-order valence-electron chi connectivity index (χ3n) is 2.84. The van der Waals surface area contributed by atoms with Crippen LogP contribution in [0.15, 0.2) is 16.9 Å². The molecule has 1 N–H and O–H groups in total. The van der Waals surface area contributed by atoms with Gasteiger partial charge in [-0.05, 0) is 24.8 Å². The first-order valence-corrected chi connectivity index (χ1v) is 5.52. The van der Waals surface area contributed by atoms with E-state index in [-0.39, 0.29) is 11.5 Å². The van der Waals surface area contributed by atoms with E-state index in [9.17, 15) is 9.59 Å². The SMILES string of the molecule is CC1CCCN(C(=O)c2ccc(=O)[nH]n2)C1. The standard InChI is InChI=1S/C11H15N3O2/c1-8-3-2-6-14(7-8)11(16)9-4-5-10(15)13-12-9/h4-5,8H,2-3,6-7H2,1H3,(H,13,15). The lowest BCUT2D eigenvalue weighted by Crippen LogP contribution is -2.39. The van der Waals surface area contributed by atoms with Gasteiger partial charge in [-0.15, -0.1) is 0 Å². The number of carbonyl (C=O) groups is 1. The Bertz CT molecular complexity index is 421. The van der Waals surface area contributed by atoms with Gasteiger partial charge in [-0.2, -0.15) is 5.10 Å². The van der Waals surface area contributed by atoms with Crippen molar-refractivity contribution in [2.45, 2.75) is 19.8 Å². The van der Waals surface area contributed by atoms with Crippen LogP contribution in [-0.2, 0) is 0 Å². The minimum Gasteiger partial charge on any atom is -0.337 e. The zero-order chi connectivity index (χ0) is 11.5. The van der Waals surface area contributed by atoms with Gasteiger partial charge in [0.05, 0.1) is 0 Å². The highest BCUT2D eigenvalue weighted by Gasteiger charge is 2.22. The Morgan fingerprint density at radius 3 is 3.00 bits per heavy atom. The second-order valence-electron chi connectivity index (χ2n) is 4.30. The molecule has 0 aliphatic carbocycles. The van der Waals surface area contributed by atoms with Crippen molar-refractivity contribution in [3.63, 3.8) is 0 Å². The molecule has 5 heteroatoms. The molecule has 5 nitrogen and oxygen atoms in total. The number of rotatable bonds is 1. The fourth-order valence-corrected chi connectivity index (χ4v) is 2.00. The first kappa shape index (κ1) is 10.9. The van der Waals surface area contributed by atoms with Gasteiger partial charge in [-0.25, -0.2) is 5.10 Å². The average molecular weight is 221 g/mol. The number of nitrogens with one attached hydrogen (secondary N) is 1. The average Bonchev–Trinajstić information content (AvgIpc) is 2.29. The van der Waals surface area contributed by atoms with E-state index < -0.39 is 0 Å². The highest BCUT2D eigenvalue weighted by Crippen LogP contribution is 2.16. The summed E-state index contributed by atoms with van der Waals surface area (Å²) in [6.45, 7) is 3.70. The van der Waals surface area contributed by atoms with Crippen LogP contribution >= 0.6 is 0 Å². The van der Waals surface area contributed by atoms with Gasteiger partial charge in [-0.3, -0.25) is 9.59 Å². The lowest BCUT2D eigenvalue weighted by atomic mass is 10.00. The second-order valence-corrected chi connectivity index (χ2v) is 4.30. The van der Waals surface area contributed by atoms with Crippen molar-refractivity contribution in [2.24, 2.45) is 5.92 Å². The molecular weight excluding hydrogens is 206 g/mol. The number of H-pyrrole nitrogens is 1. The summed E-state index contributed by atoms with van der Waals surface area (Å²) in [4.78, 5) is 24.6. The molecule has 1 aromatic heterocycles. The number of amides is 1. The summed E-state index contributed by atoms with van der Waals surface area (Å²) in [5.74, 6) is 0.447. The smallest absolute Gasteiger partial charge is 0.274 e. The lowest BCUT2D eigenvalue weighted by Gasteiger charge is -2.30. The normalized spacial score (nSPS) is 20.8. The van der Waals surface area contributed by atoms with Crippen LogP contribution in [0.2, 0.25) is 0 Å². The van der Waals surface area contributed by atoms with Crippen molar-refractivity contribution in [1.82, 2.24) is 15.1 Å². The molecule has 0 aromatic carbocycles. The van der Waals surface area contributed by atoms with Crippen LogP contribution in [0, 0.1) is 5.92 Å². The van der Waals surface area contributed by atoms with Crippen LogP contribution in [0.1, 0.15) is 30.3 Å². The summed E-state index contributed by atoms with van der Waals surface area (Å²) in [6, 6.07) is 2.80. The third-order valence-corrected chi connectivity index (χ3v) is 2.84. The van der Waals surface area contributed by atoms with Gasteiger partial charge < -0.3 is 4.90 Å². The number of aromatic nitrogens is 2. The molecule has 0 bridgehead atoms. The van der Waals surface area contributed by atoms with Crippen molar-refractivity contribution in [3.05, 3.63) is 28.2 Å². The molecule has 1 atom stereocenters. The Labute approximate surface area is 93.5 Å². The van der Waals surface area contributed by atoms with E-state index in [1.165, 1.54) is 18.6 Å². The largest absolute Gasteiger partial charge is 0.337 e. The molecule has 0 saturated carbocycles. The quantitative estimate of drug-likeness (QED) is 0.756. The predicted octanol–water partition coefficient (Wildman–Crippen LogP) is 0.642. The highest BCUT2D eigenvalue weighted by atomic mass is 16.2. The number of carbonyl (C=O) groups excluding carboxylic acids is 1. The molecular formula is C11H15N3O2. The molecule has 2 heterocycles. The van der Waals surface area contributed by atoms with Crippen molar-refractivity contribution in [3.8, 4) is 0 Å². The molecule has 1 aliphatic heterocycles. The first-order chi connectivity index (χ1) is 7.66. The monoisotopic (exact) mass is 221 g/mol. The Morgan fingerprint density at radius 2 is 2.38 bits per heavy atom. The molecule has 1 unspecified atom stereocenters. The molecule has 0 spiro atoms. The lowest BCUT2D eigenvalue weighted by molar-refractivity contribution is 0.0675. The molecule has 2 rings (SSSR count). The number of hydrogen-bond donors (Lipinski definition) is 1. The van der Waals surface area contributed by atoms with E-state index in [0.29, 0.717) is 11.6 Å². The van der Waals surface area contributed by atoms with Crippen LogP contribution in [0.5, 0.6) is 0 Å². The van der Waals surface area contributed by atoms with Gasteiger partial charge >= 0.3 is 0 Å². The minimum absolute atomic E-state index is 0.0946. The summed E-state index contributed by atoms with van der Waals surface area (Å²) in [5, 5.41) is 6.03. The summed E-state index contributed by atoms with van der Waals surface area (Å²) in [7, 11) is 0. The van der Waals surface area contributed by atoms with Gasteiger partial charge in [0, 0.05) is 19.2 Å². The van der Waals surface area contributed by atoms with Crippen LogP contribution in [-0.4, -0.2) is 34.1 Å². The summed E-state index contributed by atoms with van der Waals surface area (Å²) in [6.07, 6.45) is 2.21. The van der Waals surface area contributed by atoms with E-state index >= 15 is 0 Å². The van der Waals surface area contributed by atoms with Crippen molar-refractivity contribution < 1.29 is 4.79 Å². The van der Waals surface area contributed by atoms with Crippen LogP contribution in [0.25, 0.3) is 0 Å². The van der Waals surface area contributed by atoms with Gasteiger partial charge in [0.15, 0.2) is 0 Å². The van der Waals surface area contributed by atoms with Gasteiger partial charge in [0.1, 0.15) is 5.69 Å². The number of nitrogens with zero attached hydrogens (tertiary/aromatic N) is 2. The zero-order valence-electron chi connectivity index (χ0n) is 9.27. The topological polar surface area (TPSA) is 66.1 Å². The van der Waals surface area contributed by atoms with Crippen LogP contribution in [0.4, 0.5) is 0 Å². The van der Waals surface area contributed by atoms with Crippen LogP contribution in [0.3, 0.4) is 0 Å². The van der Waals surface area contributed by atoms with E-state index in [0.717, 1.165) is 19.5 Å². The maximum absolute atomic E-state index is 12.0. The van der Waals surface area contributed by atoms with E-state index in [1.807, 2.05) is 0 Å². The Kier molecular flexibility index (Phi) is 3.03. The summed E-state index contributed by atoms with van der Waals surface area (Å²) in [5.41, 5.74) is 0.0252. The summed E-state index contributed by atoms with van der Waals surface area (Å²) >= 11 is 0. The molecule has 0 radical (unpaired) electrons. The first-order valence-electron chi connectivity index (χ1n) is 5.52. The van der Waals surface area contributed by atoms with Gasteiger partial charge in [-0.1, -0.05) is 6.92 Å². The number of aromatic amines is 1. The Balaban J connectivity index is 2.12. The molecule has 16 heavy (non-hydrogen) atoms. The predicted molar refractivity (Wildman–Crippen MR) is 59.2 cm³/mol. The van der Waals surface area contributed by atoms with E-state index in [4.69, 9.17) is 0 Å². The molecule has 1 amide bonds. The summed E-state index contributed by atoms with van der Waals surface area (Å²) < 4.78 is 0. The maximum atomic E-state index is 12.0. The number of piperidine rings is 1. The number of hydrogen-bond acceptors (Lipinski definition) is 3. The van der Waals surface area contributed by atoms with Crippen LogP contribution < -0.4 is 5.56 Å². The fourth-order valence-electron chi connectivity index (χ4n) is 2.00. The maximum Gasteiger partial charge on any atom is 0.274 e. The van der Waals surface area contributed by atoms with Crippen molar-refractivity contribution >= 4 is 5.91 Å². The fraction of sp³-hybridized carbons (Fsp3) is 0.545. The second kappa shape index (κ2) is 4.47. The molecule has 1 fully saturated rings. The van der Waals surface area contributed by atoms with E-state index in [1.54, 1.807) is 4.90 Å².